The number of ether oxygens (including phenoxy) is 1. The van der Waals surface area contributed by atoms with Crippen LogP contribution in [0.4, 0.5) is 18.9 Å². The molecule has 3 aromatic rings. The van der Waals surface area contributed by atoms with Crippen LogP contribution < -0.4 is 9.64 Å². The summed E-state index contributed by atoms with van der Waals surface area (Å²) >= 11 is 0. The molecule has 0 unspecified atom stereocenters. The quantitative estimate of drug-likeness (QED) is 0.573. The van der Waals surface area contributed by atoms with Crippen molar-refractivity contribution in [2.75, 3.05) is 38.2 Å². The first kappa shape index (κ1) is 21.1. The molecule has 170 valence electrons. The molecule has 5 rings (SSSR count). The molecule has 0 atom stereocenters. The largest absolute Gasteiger partial charge is 0.495 e. The normalized spacial score (nSPS) is 17.8. The van der Waals surface area contributed by atoms with E-state index in [1.807, 2.05) is 24.3 Å². The van der Waals surface area contributed by atoms with Crippen LogP contribution in [0, 0.1) is 5.92 Å². The number of hydrogen-bond acceptors (Lipinski definition) is 5. The minimum Gasteiger partial charge on any atom is -0.495 e. The van der Waals surface area contributed by atoms with E-state index >= 15 is 0 Å². The average Bonchev–Trinajstić information content (AvgIpc) is 3.52. The average molecular weight is 445 g/mol. The molecule has 1 saturated heterocycles. The van der Waals surface area contributed by atoms with Crippen molar-refractivity contribution < 1.29 is 17.9 Å². The van der Waals surface area contributed by atoms with E-state index in [4.69, 9.17) is 4.74 Å². The van der Waals surface area contributed by atoms with Crippen LogP contribution in [0.1, 0.15) is 29.8 Å². The number of fused-ring (bicyclic) bond motifs is 1. The molecule has 2 aliphatic rings. The molecular formula is C23H26F3N5O. The Kier molecular flexibility index (Phi) is 5.44. The van der Waals surface area contributed by atoms with Crippen molar-refractivity contribution in [2.24, 2.45) is 5.92 Å². The Balaban J connectivity index is 1.35. The van der Waals surface area contributed by atoms with Gasteiger partial charge >= 0.3 is 6.18 Å². The Morgan fingerprint density at radius 3 is 2.47 bits per heavy atom. The molecule has 0 radical (unpaired) electrons. The van der Waals surface area contributed by atoms with Gasteiger partial charge < -0.3 is 9.64 Å². The van der Waals surface area contributed by atoms with Crippen LogP contribution in [0.3, 0.4) is 0 Å². The molecule has 3 heterocycles. The van der Waals surface area contributed by atoms with Gasteiger partial charge in [0.05, 0.1) is 12.8 Å². The minimum atomic E-state index is -4.49. The Hall–Kier alpha value is -2.81. The van der Waals surface area contributed by atoms with E-state index in [0.29, 0.717) is 31.3 Å². The van der Waals surface area contributed by atoms with Gasteiger partial charge in [-0.15, -0.1) is 10.2 Å². The van der Waals surface area contributed by atoms with Crippen LogP contribution in [0.5, 0.6) is 5.75 Å². The summed E-state index contributed by atoms with van der Waals surface area (Å²) in [7, 11) is 1.64. The summed E-state index contributed by atoms with van der Waals surface area (Å²) in [5, 5.41) is 8.02. The van der Waals surface area contributed by atoms with E-state index in [2.05, 4.69) is 20.0 Å². The third kappa shape index (κ3) is 4.13. The van der Waals surface area contributed by atoms with Gasteiger partial charge in [-0.05, 0) is 42.5 Å². The number of anilines is 1. The topological polar surface area (TPSA) is 45.9 Å². The van der Waals surface area contributed by atoms with E-state index < -0.39 is 11.7 Å². The molecule has 9 heteroatoms. The molecule has 1 saturated carbocycles. The number of nitrogens with zero attached hydrogens (tertiary/aromatic N) is 5. The number of alkyl halides is 3. The van der Waals surface area contributed by atoms with E-state index in [1.54, 1.807) is 19.4 Å². The fourth-order valence-electron chi connectivity index (χ4n) is 4.48. The molecule has 1 aliphatic heterocycles. The van der Waals surface area contributed by atoms with Crippen molar-refractivity contribution in [2.45, 2.75) is 32.0 Å². The molecule has 0 spiro atoms. The van der Waals surface area contributed by atoms with Gasteiger partial charge in [-0.25, -0.2) is 0 Å². The first-order valence-corrected chi connectivity index (χ1v) is 11.0. The molecule has 0 bridgehead atoms. The third-order valence-electron chi connectivity index (χ3n) is 6.38. The molecular weight excluding hydrogens is 419 g/mol. The summed E-state index contributed by atoms with van der Waals surface area (Å²) < 4.78 is 49.2. The van der Waals surface area contributed by atoms with Gasteiger partial charge in [-0.1, -0.05) is 12.1 Å². The maximum Gasteiger partial charge on any atom is 0.420 e. The molecule has 0 N–H and O–H groups in total. The lowest BCUT2D eigenvalue weighted by Gasteiger charge is -2.37. The second-order valence-electron chi connectivity index (χ2n) is 8.61. The van der Waals surface area contributed by atoms with Crippen molar-refractivity contribution in [3.05, 3.63) is 53.5 Å². The summed E-state index contributed by atoms with van der Waals surface area (Å²) in [5.41, 5.74) is 0.514. The van der Waals surface area contributed by atoms with E-state index in [9.17, 15) is 13.2 Å². The fraction of sp³-hybridized carbons (Fsp3) is 0.478. The monoisotopic (exact) mass is 445 g/mol. The van der Waals surface area contributed by atoms with Gasteiger partial charge in [0, 0.05) is 45.3 Å². The van der Waals surface area contributed by atoms with Gasteiger partial charge in [0.15, 0.2) is 5.65 Å². The van der Waals surface area contributed by atoms with Gasteiger partial charge in [0.2, 0.25) is 0 Å². The van der Waals surface area contributed by atoms with Crippen molar-refractivity contribution in [3.8, 4) is 5.75 Å². The van der Waals surface area contributed by atoms with Gasteiger partial charge in [-0.3, -0.25) is 9.30 Å². The minimum absolute atomic E-state index is 0.0849. The number of halogens is 3. The Morgan fingerprint density at radius 2 is 1.78 bits per heavy atom. The molecule has 2 aromatic heterocycles. The summed E-state index contributed by atoms with van der Waals surface area (Å²) in [6.07, 6.45) is 0.117. The maximum atomic E-state index is 14.1. The number of aromatic nitrogens is 3. The molecule has 6 nitrogen and oxygen atoms in total. The van der Waals surface area contributed by atoms with Crippen molar-refractivity contribution in [1.82, 2.24) is 19.5 Å². The van der Waals surface area contributed by atoms with Crippen molar-refractivity contribution >= 4 is 11.3 Å². The van der Waals surface area contributed by atoms with Crippen LogP contribution >= 0.6 is 0 Å². The van der Waals surface area contributed by atoms with Gasteiger partial charge in [-0.2, -0.15) is 13.2 Å². The van der Waals surface area contributed by atoms with Crippen LogP contribution in [0.25, 0.3) is 5.65 Å². The first-order valence-electron chi connectivity index (χ1n) is 11.0. The lowest BCUT2D eigenvalue weighted by molar-refractivity contribution is -0.137. The SMILES string of the molecule is COc1ccccc1N1CCN(Cc2ccn3c(CC4CC4)nnc3c2C(F)(F)F)CC1. The van der Waals surface area contributed by atoms with E-state index in [0.717, 1.165) is 37.4 Å². The van der Waals surface area contributed by atoms with Gasteiger partial charge in [0.25, 0.3) is 0 Å². The molecule has 0 amide bonds. The highest BCUT2D eigenvalue weighted by molar-refractivity contribution is 5.58. The summed E-state index contributed by atoms with van der Waals surface area (Å²) in [4.78, 5) is 4.28. The number of para-hydroxylation sites is 2. The Bertz CT molecular complexity index is 1100. The number of methoxy groups -OCH3 is 1. The lowest BCUT2D eigenvalue weighted by Crippen LogP contribution is -2.46. The van der Waals surface area contributed by atoms with E-state index in [-0.39, 0.29) is 17.8 Å². The molecule has 1 aromatic carbocycles. The number of pyridine rings is 1. The summed E-state index contributed by atoms with van der Waals surface area (Å²) in [6, 6.07) is 9.40. The first-order chi connectivity index (χ1) is 15.4. The fourth-order valence-corrected chi connectivity index (χ4v) is 4.48. The summed E-state index contributed by atoms with van der Waals surface area (Å²) in [6.45, 7) is 3.01. The zero-order valence-electron chi connectivity index (χ0n) is 18.0. The molecule has 32 heavy (non-hydrogen) atoms. The predicted molar refractivity (Wildman–Crippen MR) is 115 cm³/mol. The van der Waals surface area contributed by atoms with Gasteiger partial charge in [0.1, 0.15) is 17.1 Å². The zero-order chi connectivity index (χ0) is 22.3. The van der Waals surface area contributed by atoms with Crippen LogP contribution in [0.2, 0.25) is 0 Å². The van der Waals surface area contributed by atoms with Crippen LogP contribution in [-0.2, 0) is 19.1 Å². The molecule has 1 aliphatic carbocycles. The third-order valence-corrected chi connectivity index (χ3v) is 6.38. The van der Waals surface area contributed by atoms with Crippen LogP contribution in [0.15, 0.2) is 36.5 Å². The second kappa shape index (κ2) is 8.27. The molecule has 2 fully saturated rings. The number of hydrogen-bond donors (Lipinski definition) is 0. The lowest BCUT2D eigenvalue weighted by atomic mass is 10.1. The zero-order valence-corrected chi connectivity index (χ0v) is 18.0. The van der Waals surface area contributed by atoms with Crippen molar-refractivity contribution in [1.29, 1.82) is 0 Å². The second-order valence-corrected chi connectivity index (χ2v) is 8.61. The highest BCUT2D eigenvalue weighted by Crippen LogP contribution is 2.37. The smallest absolute Gasteiger partial charge is 0.420 e. The number of rotatable bonds is 6. The highest BCUT2D eigenvalue weighted by Gasteiger charge is 2.38. The Labute approximate surface area is 184 Å². The van der Waals surface area contributed by atoms with E-state index in [1.165, 1.54) is 4.40 Å². The van der Waals surface area contributed by atoms with Crippen molar-refractivity contribution in [3.63, 3.8) is 0 Å². The number of benzene rings is 1. The van der Waals surface area contributed by atoms with Crippen LogP contribution in [-0.4, -0.2) is 52.8 Å². The predicted octanol–water partition coefficient (Wildman–Crippen LogP) is 4.03. The summed E-state index contributed by atoms with van der Waals surface area (Å²) in [5.74, 6) is 1.94. The highest BCUT2D eigenvalue weighted by atomic mass is 19.4. The standard InChI is InChI=1S/C23H26F3N5O/c1-32-19-5-3-2-4-18(19)30-12-10-29(11-13-30)15-17-8-9-31-20(14-16-6-7-16)27-28-22(31)21(17)23(24,25)26/h2-5,8-9,16H,6-7,10-15H2,1H3. The number of piperazine rings is 1. The Morgan fingerprint density at radius 1 is 1.03 bits per heavy atom. The maximum absolute atomic E-state index is 14.1.